The lowest BCUT2D eigenvalue weighted by Gasteiger charge is -2.25. The van der Waals surface area contributed by atoms with Crippen LogP contribution in [0.1, 0.15) is 13.2 Å². The Balaban J connectivity index is 1.98. The highest BCUT2D eigenvalue weighted by Gasteiger charge is 2.39. The van der Waals surface area contributed by atoms with Gasteiger partial charge in [-0.15, -0.1) is 0 Å². The monoisotopic (exact) mass is 341 g/mol. The van der Waals surface area contributed by atoms with Gasteiger partial charge in [0, 0.05) is 0 Å². The average molecular weight is 341 g/mol. The van der Waals surface area contributed by atoms with E-state index in [9.17, 15) is 14.8 Å². The van der Waals surface area contributed by atoms with Crippen molar-refractivity contribution in [1.82, 2.24) is 19.5 Å². The topological polar surface area (TPSA) is 132 Å². The first-order valence-corrected chi connectivity index (χ1v) is 8.45. The third kappa shape index (κ3) is 3.44. The molecule has 3 rings (SSSR count). The van der Waals surface area contributed by atoms with Crippen molar-refractivity contribution in [3.63, 3.8) is 0 Å². The summed E-state index contributed by atoms with van der Waals surface area (Å²) in [5.74, 6) is 0. The molecule has 2 radical (unpaired) electrons. The summed E-state index contributed by atoms with van der Waals surface area (Å²) in [5, 5.41) is 10.3. The molecule has 1 fully saturated rings. The zero-order valence-corrected chi connectivity index (χ0v) is 13.1. The highest BCUT2D eigenvalue weighted by atomic mass is 31.2. The van der Waals surface area contributed by atoms with E-state index in [1.54, 1.807) is 6.92 Å². The zero-order valence-electron chi connectivity index (χ0n) is 12.2. The number of imidazole rings is 1. The van der Waals surface area contributed by atoms with Crippen molar-refractivity contribution in [2.75, 3.05) is 13.2 Å². The van der Waals surface area contributed by atoms with Crippen LogP contribution in [-0.2, 0) is 13.8 Å². The molecule has 23 heavy (non-hydrogen) atoms. The number of aliphatic hydroxyl groups is 1. The fourth-order valence-electron chi connectivity index (χ4n) is 2.18. The molecule has 122 valence electrons. The van der Waals surface area contributed by atoms with Crippen molar-refractivity contribution in [1.29, 1.82) is 0 Å². The van der Waals surface area contributed by atoms with Crippen molar-refractivity contribution in [2.24, 2.45) is 0 Å². The van der Waals surface area contributed by atoms with Gasteiger partial charge in [0.1, 0.15) is 19.3 Å². The summed E-state index contributed by atoms with van der Waals surface area (Å²) in [6.45, 7) is 1.34. The van der Waals surface area contributed by atoms with Gasteiger partial charge < -0.3 is 14.8 Å². The molecule has 12 heteroatoms. The van der Waals surface area contributed by atoms with Gasteiger partial charge in [0.2, 0.25) is 0 Å². The Morgan fingerprint density at radius 3 is 2.96 bits per heavy atom. The summed E-state index contributed by atoms with van der Waals surface area (Å²) < 4.78 is 17.3. The van der Waals surface area contributed by atoms with Crippen molar-refractivity contribution >= 4 is 26.6 Å². The Kier molecular flexibility index (Phi) is 4.50. The minimum atomic E-state index is -3.51. The van der Waals surface area contributed by atoms with E-state index in [2.05, 4.69) is 15.0 Å². The maximum absolute atomic E-state index is 11.7. The highest BCUT2D eigenvalue weighted by Crippen LogP contribution is 2.52. The van der Waals surface area contributed by atoms with Crippen LogP contribution < -0.4 is 5.56 Å². The van der Waals surface area contributed by atoms with Gasteiger partial charge in [0.05, 0.1) is 18.8 Å². The smallest absolute Gasteiger partial charge is 0.386 e. The normalized spacial score (nSPS) is 33.1. The molecule has 0 bridgehead atoms. The molecular weight excluding hydrogens is 326 g/mol. The number of hydrogen-bond acceptors (Lipinski definition) is 8. The molecule has 1 unspecified atom stereocenters. The summed E-state index contributed by atoms with van der Waals surface area (Å²) >= 11 is 0. The summed E-state index contributed by atoms with van der Waals surface area (Å²) in [5.41, 5.74) is -0.0278. The Morgan fingerprint density at radius 2 is 2.17 bits per heavy atom. The second kappa shape index (κ2) is 6.27. The quantitative estimate of drug-likeness (QED) is 0.457. The van der Waals surface area contributed by atoms with Crippen LogP contribution >= 0.6 is 7.82 Å². The van der Waals surface area contributed by atoms with Crippen LogP contribution in [0.15, 0.2) is 17.4 Å². The first-order valence-electron chi connectivity index (χ1n) is 6.80. The van der Waals surface area contributed by atoms with Crippen molar-refractivity contribution in [3.8, 4) is 0 Å². The number of nitrogens with one attached hydrogen (secondary N) is 1. The van der Waals surface area contributed by atoms with Gasteiger partial charge in [-0.1, -0.05) is 0 Å². The maximum Gasteiger partial charge on any atom is 0.488 e. The van der Waals surface area contributed by atoms with Gasteiger partial charge in [-0.2, -0.15) is 9.05 Å². The van der Waals surface area contributed by atoms with E-state index in [1.807, 2.05) is 0 Å². The Bertz CT molecular complexity index is 751. The molecular formula is C11H15BN4O6P+. The molecule has 3 N–H and O–H groups in total. The van der Waals surface area contributed by atoms with Crippen LogP contribution in [-0.4, -0.2) is 62.5 Å². The molecule has 3 heterocycles. The lowest BCUT2D eigenvalue weighted by atomic mass is 10.3. The van der Waals surface area contributed by atoms with Gasteiger partial charge in [-0.3, -0.25) is 9.36 Å². The molecule has 2 aromatic heterocycles. The molecule has 4 atom stereocenters. The first kappa shape index (κ1) is 16.5. The molecule has 2 aromatic rings. The minimum Gasteiger partial charge on any atom is -0.386 e. The van der Waals surface area contributed by atoms with E-state index in [0.717, 1.165) is 0 Å². The van der Waals surface area contributed by atoms with Gasteiger partial charge >= 0.3 is 15.4 Å². The standard InChI is InChI=1S/C11H15BN4O6P/c1-6-2-20-23(12,19)21-3-7(17)11(22-6)16-5-15-8-9(16)13-4-14-10(8)18/h4-7,11,17,19H,2-3H2,1H3,(H,13,14,18)/q+1/t6-,7-,11+,23?/m0/s1. The number of aromatic nitrogens is 4. The van der Waals surface area contributed by atoms with Gasteiger partial charge in [-0.05, 0) is 6.92 Å². The van der Waals surface area contributed by atoms with Gasteiger partial charge in [0.25, 0.3) is 5.56 Å². The molecule has 1 aliphatic rings. The van der Waals surface area contributed by atoms with E-state index in [0.29, 0.717) is 0 Å². The second-order valence-electron chi connectivity index (χ2n) is 5.12. The lowest BCUT2D eigenvalue weighted by molar-refractivity contribution is -0.120. The fraction of sp³-hybridized carbons (Fsp3) is 0.545. The predicted molar refractivity (Wildman–Crippen MR) is 80.5 cm³/mol. The summed E-state index contributed by atoms with van der Waals surface area (Å²) in [6, 6.07) is 0. The average Bonchev–Trinajstić information content (AvgIpc) is 2.94. The lowest BCUT2D eigenvalue weighted by Crippen LogP contribution is -2.32. The molecule has 0 saturated carbocycles. The number of aromatic amines is 1. The van der Waals surface area contributed by atoms with Crippen LogP contribution in [0.5, 0.6) is 0 Å². The van der Waals surface area contributed by atoms with Crippen molar-refractivity contribution in [3.05, 3.63) is 23.0 Å². The summed E-state index contributed by atoms with van der Waals surface area (Å²) in [6.07, 6.45) is -0.0576. The molecule has 1 saturated heterocycles. The first-order chi connectivity index (χ1) is 10.9. The number of aliphatic hydroxyl groups excluding tert-OH is 1. The van der Waals surface area contributed by atoms with Crippen LogP contribution in [0.4, 0.5) is 0 Å². The highest BCUT2D eigenvalue weighted by molar-refractivity contribution is 7.85. The molecule has 0 aromatic carbocycles. The van der Waals surface area contributed by atoms with E-state index in [1.165, 1.54) is 17.2 Å². The number of H-pyrrole nitrogens is 1. The molecule has 0 amide bonds. The Hall–Kier alpha value is -1.36. The van der Waals surface area contributed by atoms with Crippen molar-refractivity contribution in [2.45, 2.75) is 25.4 Å². The Morgan fingerprint density at radius 1 is 1.43 bits per heavy atom. The second-order valence-corrected chi connectivity index (χ2v) is 6.76. The van der Waals surface area contributed by atoms with Crippen LogP contribution in [0.3, 0.4) is 0 Å². The van der Waals surface area contributed by atoms with Crippen LogP contribution in [0, 0.1) is 0 Å². The van der Waals surface area contributed by atoms with Gasteiger partial charge in [0.15, 0.2) is 17.4 Å². The van der Waals surface area contributed by atoms with E-state index >= 15 is 0 Å². The van der Waals surface area contributed by atoms with Crippen LogP contribution in [0.25, 0.3) is 11.2 Å². The molecule has 0 spiro atoms. The summed E-state index contributed by atoms with van der Waals surface area (Å²) in [4.78, 5) is 31.9. The number of nitrogens with zero attached hydrogens (tertiary/aromatic N) is 3. The Labute approximate surface area is 132 Å². The molecule has 0 aliphatic carbocycles. The predicted octanol–water partition coefficient (Wildman–Crippen LogP) is -0.731. The number of rotatable bonds is 1. The molecule has 10 nitrogen and oxygen atoms in total. The minimum absolute atomic E-state index is 0.0232. The van der Waals surface area contributed by atoms with Gasteiger partial charge in [-0.25, -0.2) is 14.9 Å². The van der Waals surface area contributed by atoms with Crippen LogP contribution in [0.2, 0.25) is 0 Å². The van der Waals surface area contributed by atoms with E-state index in [4.69, 9.17) is 21.4 Å². The maximum atomic E-state index is 11.7. The van der Waals surface area contributed by atoms with E-state index < -0.39 is 31.8 Å². The zero-order chi connectivity index (χ0) is 16.6. The largest absolute Gasteiger partial charge is 0.488 e. The number of hydrogen-bond donors (Lipinski definition) is 3. The van der Waals surface area contributed by atoms with E-state index in [-0.39, 0.29) is 24.4 Å². The summed E-state index contributed by atoms with van der Waals surface area (Å²) in [7, 11) is 1.99. The third-order valence-corrected chi connectivity index (χ3v) is 4.30. The third-order valence-electron chi connectivity index (χ3n) is 3.26. The SMILES string of the molecule is [B][P+]1(O)OC[C@H](C)O[C@@H](n2cnc3c(=O)[nH]cnc32)[C@@H](O)CO1. The van der Waals surface area contributed by atoms with Crippen molar-refractivity contribution < 1.29 is 23.8 Å². The fourth-order valence-corrected chi connectivity index (χ4v) is 3.05. The molecule has 1 aliphatic heterocycles. The number of ether oxygens (including phenoxy) is 1. The number of fused-ring (bicyclic) bond motifs is 1.